The molecule has 0 aliphatic carbocycles. The number of nitrogens with one attached hydrogen (secondary N) is 2. The number of carbonyl (C=O) groups is 2. The Morgan fingerprint density at radius 1 is 0.641 bits per heavy atom. The SMILES string of the molecule is CCCCCCCCCCCCCCCCCC(=O)NC(C)(C)CCOC(C)(C)CCNC(=O)OC(C)(C)C. The normalized spacial score (nSPS) is 12.4. The first-order valence-electron chi connectivity index (χ1n) is 16.2. The zero-order valence-electron chi connectivity index (χ0n) is 27.3. The van der Waals surface area contributed by atoms with Crippen molar-refractivity contribution >= 4 is 12.0 Å². The van der Waals surface area contributed by atoms with E-state index in [0.29, 0.717) is 26.0 Å². The summed E-state index contributed by atoms with van der Waals surface area (Å²) in [6.45, 7) is 17.0. The van der Waals surface area contributed by atoms with Crippen LogP contribution in [0.15, 0.2) is 0 Å². The van der Waals surface area contributed by atoms with Crippen LogP contribution in [0, 0.1) is 0 Å². The first kappa shape index (κ1) is 37.7. The van der Waals surface area contributed by atoms with Gasteiger partial charge < -0.3 is 20.1 Å². The van der Waals surface area contributed by atoms with Crippen molar-refractivity contribution < 1.29 is 19.1 Å². The topological polar surface area (TPSA) is 76.7 Å². The van der Waals surface area contributed by atoms with Crippen molar-refractivity contribution in [1.29, 1.82) is 0 Å². The Hall–Kier alpha value is -1.30. The molecule has 0 aliphatic heterocycles. The third-order valence-corrected chi connectivity index (χ3v) is 7.10. The summed E-state index contributed by atoms with van der Waals surface area (Å²) >= 11 is 0. The second-order valence-electron chi connectivity index (χ2n) is 13.7. The van der Waals surface area contributed by atoms with Crippen molar-refractivity contribution in [2.75, 3.05) is 13.2 Å². The standard InChI is InChI=1S/C33H66N2O4/c1-9-10-11-12-13-14-15-16-17-18-19-20-21-22-23-24-29(36)35-32(5,6)26-28-38-33(7,8)25-27-34-30(37)39-31(2,3)4/h9-28H2,1-8H3,(H,34,37)(H,35,36). The summed E-state index contributed by atoms with van der Waals surface area (Å²) in [5, 5.41) is 5.96. The molecular weight excluding hydrogens is 488 g/mol. The minimum atomic E-state index is -0.502. The fourth-order valence-electron chi connectivity index (χ4n) is 4.59. The molecule has 0 saturated heterocycles. The van der Waals surface area contributed by atoms with Gasteiger partial charge in [0.2, 0.25) is 5.91 Å². The Morgan fingerprint density at radius 2 is 1.10 bits per heavy atom. The molecule has 6 heteroatoms. The van der Waals surface area contributed by atoms with Gasteiger partial charge in [0, 0.05) is 25.1 Å². The fraction of sp³-hybridized carbons (Fsp3) is 0.939. The minimum absolute atomic E-state index is 0.135. The maximum absolute atomic E-state index is 12.5. The van der Waals surface area contributed by atoms with E-state index in [2.05, 4.69) is 31.4 Å². The predicted octanol–water partition coefficient (Wildman–Crippen LogP) is 9.24. The molecule has 2 amide bonds. The lowest BCUT2D eigenvalue weighted by Crippen LogP contribution is -2.44. The average Bonchev–Trinajstić information content (AvgIpc) is 2.79. The van der Waals surface area contributed by atoms with Crippen LogP contribution in [0.1, 0.15) is 171 Å². The van der Waals surface area contributed by atoms with E-state index in [1.165, 1.54) is 83.5 Å². The van der Waals surface area contributed by atoms with Gasteiger partial charge in [-0.25, -0.2) is 4.79 Å². The van der Waals surface area contributed by atoms with E-state index in [0.717, 1.165) is 19.3 Å². The third-order valence-electron chi connectivity index (χ3n) is 7.10. The van der Waals surface area contributed by atoms with Crippen molar-refractivity contribution in [3.8, 4) is 0 Å². The molecule has 0 unspecified atom stereocenters. The molecule has 0 aromatic rings. The molecular formula is C33H66N2O4. The fourth-order valence-corrected chi connectivity index (χ4v) is 4.59. The quantitative estimate of drug-likeness (QED) is 0.117. The van der Waals surface area contributed by atoms with Crippen molar-refractivity contribution in [2.45, 2.75) is 188 Å². The van der Waals surface area contributed by atoms with Gasteiger partial charge in [-0.05, 0) is 67.7 Å². The molecule has 6 nitrogen and oxygen atoms in total. The molecule has 0 rings (SSSR count). The molecule has 232 valence electrons. The lowest BCUT2D eigenvalue weighted by atomic mass is 9.99. The monoisotopic (exact) mass is 555 g/mol. The Balaban J connectivity index is 3.76. The maximum Gasteiger partial charge on any atom is 0.407 e. The molecule has 0 spiro atoms. The lowest BCUT2D eigenvalue weighted by molar-refractivity contribution is -0.123. The molecule has 0 aliphatic rings. The molecule has 0 atom stereocenters. The Morgan fingerprint density at radius 3 is 1.56 bits per heavy atom. The Kier molecular flexibility index (Phi) is 20.7. The molecule has 0 fully saturated rings. The van der Waals surface area contributed by atoms with Crippen LogP contribution in [-0.4, -0.2) is 41.9 Å². The molecule has 0 heterocycles. The first-order chi connectivity index (χ1) is 18.3. The Bertz CT molecular complexity index is 626. The van der Waals surface area contributed by atoms with Gasteiger partial charge in [0.15, 0.2) is 0 Å². The summed E-state index contributed by atoms with van der Waals surface area (Å²) in [5.74, 6) is 0.135. The van der Waals surface area contributed by atoms with E-state index in [1.807, 2.05) is 34.6 Å². The van der Waals surface area contributed by atoms with Crippen molar-refractivity contribution in [2.24, 2.45) is 0 Å². The van der Waals surface area contributed by atoms with Gasteiger partial charge in [-0.2, -0.15) is 0 Å². The summed E-state index contributed by atoms with van der Waals surface area (Å²) in [6, 6.07) is 0. The van der Waals surface area contributed by atoms with Crippen molar-refractivity contribution in [3.63, 3.8) is 0 Å². The van der Waals surface area contributed by atoms with Crippen molar-refractivity contribution in [3.05, 3.63) is 0 Å². The van der Waals surface area contributed by atoms with Crippen LogP contribution in [0.3, 0.4) is 0 Å². The highest BCUT2D eigenvalue weighted by atomic mass is 16.6. The third kappa shape index (κ3) is 26.7. The van der Waals surface area contributed by atoms with E-state index >= 15 is 0 Å². The van der Waals surface area contributed by atoms with Crippen LogP contribution in [0.2, 0.25) is 0 Å². The van der Waals surface area contributed by atoms with Crippen molar-refractivity contribution in [1.82, 2.24) is 10.6 Å². The van der Waals surface area contributed by atoms with E-state index < -0.39 is 11.7 Å². The largest absolute Gasteiger partial charge is 0.444 e. The first-order valence-corrected chi connectivity index (χ1v) is 16.2. The van der Waals surface area contributed by atoms with Gasteiger partial charge in [0.1, 0.15) is 5.60 Å². The summed E-state index contributed by atoms with van der Waals surface area (Å²) < 4.78 is 11.3. The molecule has 0 saturated carbocycles. The number of hydrogen-bond donors (Lipinski definition) is 2. The number of hydrogen-bond acceptors (Lipinski definition) is 4. The van der Waals surface area contributed by atoms with E-state index in [1.54, 1.807) is 0 Å². The van der Waals surface area contributed by atoms with Crippen LogP contribution >= 0.6 is 0 Å². The number of amides is 2. The predicted molar refractivity (Wildman–Crippen MR) is 165 cm³/mol. The van der Waals surface area contributed by atoms with Crippen LogP contribution in [0.5, 0.6) is 0 Å². The zero-order chi connectivity index (χ0) is 29.6. The highest BCUT2D eigenvalue weighted by Gasteiger charge is 2.24. The van der Waals surface area contributed by atoms with E-state index in [9.17, 15) is 9.59 Å². The number of rotatable bonds is 24. The van der Waals surface area contributed by atoms with Crippen LogP contribution in [0.25, 0.3) is 0 Å². The smallest absolute Gasteiger partial charge is 0.407 e. The minimum Gasteiger partial charge on any atom is -0.444 e. The molecule has 2 N–H and O–H groups in total. The van der Waals surface area contributed by atoms with Gasteiger partial charge in [0.05, 0.1) is 5.60 Å². The Labute approximate surface area is 242 Å². The second kappa shape index (κ2) is 21.4. The van der Waals surface area contributed by atoms with Gasteiger partial charge in [0.25, 0.3) is 0 Å². The summed E-state index contributed by atoms with van der Waals surface area (Å²) in [4.78, 5) is 24.3. The number of alkyl carbamates (subject to hydrolysis) is 1. The van der Waals surface area contributed by atoms with Crippen LogP contribution < -0.4 is 10.6 Å². The zero-order valence-corrected chi connectivity index (χ0v) is 27.3. The van der Waals surface area contributed by atoms with Gasteiger partial charge in [-0.1, -0.05) is 96.8 Å². The van der Waals surface area contributed by atoms with Crippen LogP contribution in [0.4, 0.5) is 4.79 Å². The summed E-state index contributed by atoms with van der Waals surface area (Å²) in [5.41, 5.74) is -1.18. The van der Waals surface area contributed by atoms with E-state index in [-0.39, 0.29) is 17.0 Å². The highest BCUT2D eigenvalue weighted by Crippen LogP contribution is 2.18. The maximum atomic E-state index is 12.5. The molecule has 0 bridgehead atoms. The summed E-state index contributed by atoms with van der Waals surface area (Å²) in [7, 11) is 0. The van der Waals surface area contributed by atoms with E-state index in [4.69, 9.17) is 9.47 Å². The van der Waals surface area contributed by atoms with Gasteiger partial charge >= 0.3 is 6.09 Å². The van der Waals surface area contributed by atoms with Gasteiger partial charge in [-0.15, -0.1) is 0 Å². The number of ether oxygens (including phenoxy) is 2. The summed E-state index contributed by atoms with van der Waals surface area (Å²) in [6.07, 6.45) is 21.6. The molecule has 0 radical (unpaired) electrons. The molecule has 39 heavy (non-hydrogen) atoms. The average molecular weight is 555 g/mol. The number of unbranched alkanes of at least 4 members (excludes halogenated alkanes) is 14. The lowest BCUT2D eigenvalue weighted by Gasteiger charge is -2.30. The second-order valence-corrected chi connectivity index (χ2v) is 13.7. The van der Waals surface area contributed by atoms with Crippen LogP contribution in [-0.2, 0) is 14.3 Å². The molecule has 0 aromatic heterocycles. The molecule has 0 aromatic carbocycles. The number of carbonyl (C=O) groups excluding carboxylic acids is 2. The highest BCUT2D eigenvalue weighted by molar-refractivity contribution is 5.76. The van der Waals surface area contributed by atoms with Gasteiger partial charge in [-0.3, -0.25) is 4.79 Å².